The predicted molar refractivity (Wildman–Crippen MR) is 129 cm³/mol. The Labute approximate surface area is 199 Å². The number of rotatable bonds is 8. The van der Waals surface area contributed by atoms with Crippen LogP contribution in [0.15, 0.2) is 52.9 Å². The molecule has 4 rings (SSSR count). The van der Waals surface area contributed by atoms with E-state index in [-0.39, 0.29) is 30.1 Å². The Morgan fingerprint density at radius 2 is 1.76 bits per heavy atom. The van der Waals surface area contributed by atoms with Gasteiger partial charge < -0.3 is 13.9 Å². The first-order valence-electron chi connectivity index (χ1n) is 10.5. The van der Waals surface area contributed by atoms with Crippen LogP contribution >= 0.6 is 11.3 Å². The lowest BCUT2D eigenvalue weighted by atomic mass is 10.1. The number of fused-ring (bicyclic) bond motifs is 1. The van der Waals surface area contributed by atoms with Gasteiger partial charge >= 0.3 is 5.97 Å². The van der Waals surface area contributed by atoms with Crippen molar-refractivity contribution in [2.24, 2.45) is 0 Å². The first kappa shape index (κ1) is 23.2. The monoisotopic (exact) mass is 478 g/mol. The lowest BCUT2D eigenvalue weighted by molar-refractivity contribution is -0.116. The molecule has 4 aromatic rings. The largest absolute Gasteiger partial charge is 0.496 e. The van der Waals surface area contributed by atoms with Gasteiger partial charge in [-0.15, -0.1) is 11.3 Å². The van der Waals surface area contributed by atoms with E-state index in [2.05, 4.69) is 10.3 Å². The van der Waals surface area contributed by atoms with Gasteiger partial charge in [-0.05, 0) is 31.2 Å². The van der Waals surface area contributed by atoms with Crippen molar-refractivity contribution in [1.29, 1.82) is 0 Å². The molecular weight excluding hydrogens is 456 g/mol. The number of para-hydroxylation sites is 2. The number of nitrogens with one attached hydrogen (secondary N) is 1. The zero-order valence-electron chi connectivity index (χ0n) is 18.8. The van der Waals surface area contributed by atoms with Crippen LogP contribution in [0.25, 0.3) is 20.8 Å². The van der Waals surface area contributed by atoms with E-state index in [9.17, 15) is 14.4 Å². The maximum absolute atomic E-state index is 12.7. The number of furan rings is 1. The van der Waals surface area contributed by atoms with Crippen LogP contribution in [0.5, 0.6) is 5.75 Å². The fraction of sp³-hybridized carbons (Fsp3) is 0.200. The molecule has 1 N–H and O–H groups in total. The molecule has 2 heterocycles. The van der Waals surface area contributed by atoms with Crippen molar-refractivity contribution < 1.29 is 28.3 Å². The Balaban J connectivity index is 1.59. The van der Waals surface area contributed by atoms with E-state index >= 15 is 0 Å². The number of Topliss-reactive ketones (excluding diaryl/α,β-unsaturated/α-hetero) is 1. The Morgan fingerprint density at radius 1 is 1.03 bits per heavy atom. The number of thiazole rings is 1. The first-order chi connectivity index (χ1) is 16.4. The van der Waals surface area contributed by atoms with Gasteiger partial charge in [0.1, 0.15) is 22.1 Å². The summed E-state index contributed by atoms with van der Waals surface area (Å²) in [7, 11) is 2.76. The number of methoxy groups -OCH3 is 2. The third-order valence-electron chi connectivity index (χ3n) is 5.22. The first-order valence-corrected chi connectivity index (χ1v) is 11.3. The van der Waals surface area contributed by atoms with Crippen LogP contribution in [0.2, 0.25) is 0 Å². The highest BCUT2D eigenvalue weighted by atomic mass is 32.1. The lowest BCUT2D eigenvalue weighted by Crippen LogP contribution is -2.14. The molecule has 34 heavy (non-hydrogen) atoms. The Kier molecular flexibility index (Phi) is 6.74. The molecule has 0 aliphatic rings. The second-order valence-corrected chi connectivity index (χ2v) is 8.42. The minimum absolute atomic E-state index is 0.0216. The smallest absolute Gasteiger partial charge is 0.342 e. The van der Waals surface area contributed by atoms with Gasteiger partial charge in [0.2, 0.25) is 11.8 Å². The number of ketones is 1. The number of hydrogen-bond donors (Lipinski definition) is 1. The van der Waals surface area contributed by atoms with Gasteiger partial charge in [-0.1, -0.05) is 24.3 Å². The van der Waals surface area contributed by atoms with Crippen molar-refractivity contribution in [1.82, 2.24) is 4.98 Å². The van der Waals surface area contributed by atoms with Gasteiger partial charge in [0.05, 0.1) is 35.6 Å². The number of anilines is 1. The van der Waals surface area contributed by atoms with E-state index in [1.165, 1.54) is 25.6 Å². The average Bonchev–Trinajstić information content (AvgIpc) is 3.42. The van der Waals surface area contributed by atoms with Crippen LogP contribution in [0, 0.1) is 6.92 Å². The highest BCUT2D eigenvalue weighted by Crippen LogP contribution is 2.40. The maximum Gasteiger partial charge on any atom is 0.342 e. The number of aromatic nitrogens is 1. The van der Waals surface area contributed by atoms with Gasteiger partial charge in [0.15, 0.2) is 5.78 Å². The Hall–Kier alpha value is -3.98. The summed E-state index contributed by atoms with van der Waals surface area (Å²) in [4.78, 5) is 42.4. The van der Waals surface area contributed by atoms with Crippen molar-refractivity contribution in [3.8, 4) is 16.3 Å². The Bertz CT molecular complexity index is 1350. The summed E-state index contributed by atoms with van der Waals surface area (Å²) in [5.41, 5.74) is 1.73. The number of benzene rings is 2. The number of nitrogens with zero attached hydrogens (tertiary/aromatic N) is 1. The van der Waals surface area contributed by atoms with E-state index in [1.807, 2.05) is 24.3 Å². The SMILES string of the molecule is COC(=O)c1c(C)oc(NC(=O)CCC(=O)c2ccccc2OC)c1-c1nc2ccccc2s1. The van der Waals surface area contributed by atoms with Crippen molar-refractivity contribution >= 4 is 45.1 Å². The lowest BCUT2D eigenvalue weighted by Gasteiger charge is -2.07. The van der Waals surface area contributed by atoms with Crippen molar-refractivity contribution in [3.63, 3.8) is 0 Å². The molecule has 0 spiro atoms. The highest BCUT2D eigenvalue weighted by molar-refractivity contribution is 7.21. The van der Waals surface area contributed by atoms with Crippen LogP contribution < -0.4 is 10.1 Å². The van der Waals surface area contributed by atoms with Crippen LogP contribution in [0.1, 0.15) is 39.3 Å². The second kappa shape index (κ2) is 9.88. The van der Waals surface area contributed by atoms with E-state index < -0.39 is 11.9 Å². The molecule has 0 atom stereocenters. The molecule has 0 saturated heterocycles. The average molecular weight is 479 g/mol. The molecule has 8 nitrogen and oxygen atoms in total. The third kappa shape index (κ3) is 4.55. The molecule has 2 aromatic carbocycles. The van der Waals surface area contributed by atoms with Gasteiger partial charge in [-0.3, -0.25) is 14.9 Å². The minimum atomic E-state index is -0.595. The number of ether oxygens (including phenoxy) is 2. The third-order valence-corrected chi connectivity index (χ3v) is 6.27. The molecule has 0 aliphatic carbocycles. The quantitative estimate of drug-likeness (QED) is 0.272. The maximum atomic E-state index is 12.7. The zero-order valence-corrected chi connectivity index (χ0v) is 19.7. The number of esters is 1. The highest BCUT2D eigenvalue weighted by Gasteiger charge is 2.29. The number of carbonyl (C=O) groups excluding carboxylic acids is 3. The molecule has 174 valence electrons. The van der Waals surface area contributed by atoms with Crippen LogP contribution in [0.4, 0.5) is 5.88 Å². The summed E-state index contributed by atoms with van der Waals surface area (Å²) in [6.45, 7) is 1.62. The second-order valence-electron chi connectivity index (χ2n) is 7.39. The van der Waals surface area contributed by atoms with E-state index in [1.54, 1.807) is 31.2 Å². The van der Waals surface area contributed by atoms with E-state index in [4.69, 9.17) is 13.9 Å². The fourth-order valence-corrected chi connectivity index (χ4v) is 4.60. The van der Waals surface area contributed by atoms with Crippen molar-refractivity contribution in [2.45, 2.75) is 19.8 Å². The minimum Gasteiger partial charge on any atom is -0.496 e. The van der Waals surface area contributed by atoms with Gasteiger partial charge in [0, 0.05) is 12.8 Å². The summed E-state index contributed by atoms with van der Waals surface area (Å²) in [6, 6.07) is 14.4. The van der Waals surface area contributed by atoms with E-state index in [0.29, 0.717) is 27.6 Å². The molecule has 0 bridgehead atoms. The topological polar surface area (TPSA) is 108 Å². The van der Waals surface area contributed by atoms with E-state index in [0.717, 1.165) is 10.2 Å². The molecule has 1 amide bonds. The standard InChI is InChI=1S/C25H22N2O6S/c1-14-21(25(30)32-3)22(24-26-16-9-5-7-11-19(16)34-24)23(33-14)27-20(29)13-12-17(28)15-8-4-6-10-18(15)31-2/h4-11H,12-13H2,1-3H3,(H,27,29). The summed E-state index contributed by atoms with van der Waals surface area (Å²) in [5.74, 6) is -0.411. The molecule has 0 radical (unpaired) electrons. The fourth-order valence-electron chi connectivity index (χ4n) is 3.59. The number of aryl methyl sites for hydroxylation is 1. The number of amides is 1. The molecule has 0 unspecified atom stereocenters. The summed E-state index contributed by atoms with van der Waals surface area (Å²) in [6.07, 6.45) is -0.101. The Morgan fingerprint density at radius 3 is 2.50 bits per heavy atom. The summed E-state index contributed by atoms with van der Waals surface area (Å²) < 4.78 is 16.8. The summed E-state index contributed by atoms with van der Waals surface area (Å²) >= 11 is 1.37. The van der Waals surface area contributed by atoms with Crippen molar-refractivity contribution in [3.05, 3.63) is 65.4 Å². The number of hydrogen-bond acceptors (Lipinski definition) is 8. The van der Waals surface area contributed by atoms with Crippen LogP contribution in [-0.2, 0) is 9.53 Å². The molecule has 0 aliphatic heterocycles. The predicted octanol–water partition coefficient (Wildman–Crippen LogP) is 5.26. The molecule has 0 saturated carbocycles. The number of carbonyl (C=O) groups is 3. The normalized spacial score (nSPS) is 10.8. The molecular formula is C25H22N2O6S. The molecule has 0 fully saturated rings. The van der Waals surface area contributed by atoms with Crippen LogP contribution in [-0.4, -0.2) is 36.9 Å². The van der Waals surface area contributed by atoms with Gasteiger partial charge in [0.25, 0.3) is 0 Å². The van der Waals surface area contributed by atoms with Crippen LogP contribution in [0.3, 0.4) is 0 Å². The van der Waals surface area contributed by atoms with Gasteiger partial charge in [-0.2, -0.15) is 0 Å². The van der Waals surface area contributed by atoms with Crippen molar-refractivity contribution in [2.75, 3.05) is 19.5 Å². The zero-order chi connectivity index (χ0) is 24.2. The molecule has 2 aromatic heterocycles. The summed E-state index contributed by atoms with van der Waals surface area (Å²) in [5, 5.41) is 3.21. The van der Waals surface area contributed by atoms with Gasteiger partial charge in [-0.25, -0.2) is 9.78 Å². The molecule has 9 heteroatoms.